The normalized spacial score (nSPS) is 10.8. The Morgan fingerprint density at radius 2 is 1.93 bits per heavy atom. The average molecular weight is 391 g/mol. The SMILES string of the molecule is COc1ccc(C(C)=O)cc1COC(=O)/C=C/c1cn(Cc2ccccc2)nn1. The highest BCUT2D eigenvalue weighted by molar-refractivity contribution is 5.94. The van der Waals surface area contributed by atoms with E-state index in [1.807, 2.05) is 30.3 Å². The molecular formula is C22H21N3O4. The van der Waals surface area contributed by atoms with E-state index in [9.17, 15) is 9.59 Å². The third-order valence-electron chi connectivity index (χ3n) is 4.19. The number of rotatable bonds is 8. The summed E-state index contributed by atoms with van der Waals surface area (Å²) in [5.41, 5.74) is 2.81. The van der Waals surface area contributed by atoms with Gasteiger partial charge >= 0.3 is 5.97 Å². The van der Waals surface area contributed by atoms with E-state index in [1.54, 1.807) is 35.2 Å². The highest BCUT2D eigenvalue weighted by atomic mass is 16.5. The second kappa shape index (κ2) is 9.45. The number of carbonyl (C=O) groups excluding carboxylic acids is 2. The predicted octanol–water partition coefficient (Wildman–Crippen LogP) is 3.29. The fourth-order valence-electron chi connectivity index (χ4n) is 2.70. The van der Waals surface area contributed by atoms with Crippen molar-refractivity contribution in [2.24, 2.45) is 0 Å². The Morgan fingerprint density at radius 3 is 2.66 bits per heavy atom. The van der Waals surface area contributed by atoms with Crippen LogP contribution in [0.2, 0.25) is 0 Å². The highest BCUT2D eigenvalue weighted by Gasteiger charge is 2.09. The van der Waals surface area contributed by atoms with Crippen molar-refractivity contribution in [3.8, 4) is 5.75 Å². The van der Waals surface area contributed by atoms with Crippen molar-refractivity contribution in [1.29, 1.82) is 0 Å². The van der Waals surface area contributed by atoms with Gasteiger partial charge in [0.2, 0.25) is 0 Å². The lowest BCUT2D eigenvalue weighted by molar-refractivity contribution is -0.138. The van der Waals surface area contributed by atoms with Gasteiger partial charge in [0.05, 0.1) is 19.9 Å². The average Bonchev–Trinajstić information content (AvgIpc) is 3.18. The fraction of sp³-hybridized carbons (Fsp3) is 0.182. The molecule has 0 bridgehead atoms. The van der Waals surface area contributed by atoms with Gasteiger partial charge in [-0.2, -0.15) is 0 Å². The number of benzene rings is 2. The van der Waals surface area contributed by atoms with Gasteiger partial charge in [-0.1, -0.05) is 35.5 Å². The lowest BCUT2D eigenvalue weighted by Crippen LogP contribution is -2.04. The van der Waals surface area contributed by atoms with Crippen LogP contribution in [-0.2, 0) is 22.7 Å². The van der Waals surface area contributed by atoms with Crippen molar-refractivity contribution in [1.82, 2.24) is 15.0 Å². The van der Waals surface area contributed by atoms with Gasteiger partial charge < -0.3 is 9.47 Å². The number of esters is 1. The molecule has 3 aromatic rings. The summed E-state index contributed by atoms with van der Waals surface area (Å²) in [7, 11) is 1.52. The van der Waals surface area contributed by atoms with E-state index in [0.29, 0.717) is 29.1 Å². The molecule has 2 aromatic carbocycles. The standard InChI is InChI=1S/C22H21N3O4/c1-16(26)18-8-10-21(28-2)19(12-18)15-29-22(27)11-9-20-14-25(24-23-20)13-17-6-4-3-5-7-17/h3-12,14H,13,15H2,1-2H3/b11-9+. The third kappa shape index (κ3) is 5.62. The van der Waals surface area contributed by atoms with E-state index in [-0.39, 0.29) is 12.4 Å². The molecule has 0 N–H and O–H groups in total. The zero-order chi connectivity index (χ0) is 20.6. The Kier molecular flexibility index (Phi) is 6.52. The van der Waals surface area contributed by atoms with Crippen molar-refractivity contribution in [2.45, 2.75) is 20.1 Å². The first-order valence-electron chi connectivity index (χ1n) is 9.02. The number of nitrogens with zero attached hydrogens (tertiary/aromatic N) is 3. The van der Waals surface area contributed by atoms with Gasteiger partial charge in [-0.05, 0) is 36.8 Å². The summed E-state index contributed by atoms with van der Waals surface area (Å²) in [5, 5.41) is 8.07. The lowest BCUT2D eigenvalue weighted by atomic mass is 10.1. The Labute approximate surface area is 168 Å². The monoisotopic (exact) mass is 391 g/mol. The number of ether oxygens (including phenoxy) is 2. The summed E-state index contributed by atoms with van der Waals surface area (Å²) in [6.45, 7) is 2.07. The molecule has 0 atom stereocenters. The summed E-state index contributed by atoms with van der Waals surface area (Å²) in [6.07, 6.45) is 4.58. The molecule has 0 saturated carbocycles. The molecule has 0 spiro atoms. The number of methoxy groups -OCH3 is 1. The zero-order valence-electron chi connectivity index (χ0n) is 16.2. The molecule has 0 amide bonds. The van der Waals surface area contributed by atoms with Gasteiger partial charge in [0.15, 0.2) is 5.78 Å². The highest BCUT2D eigenvalue weighted by Crippen LogP contribution is 2.21. The summed E-state index contributed by atoms with van der Waals surface area (Å²) < 4.78 is 12.2. The number of hydrogen-bond acceptors (Lipinski definition) is 6. The van der Waals surface area contributed by atoms with Crippen LogP contribution in [0.5, 0.6) is 5.75 Å². The summed E-state index contributed by atoms with van der Waals surface area (Å²) >= 11 is 0. The van der Waals surface area contributed by atoms with E-state index < -0.39 is 5.97 Å². The second-order valence-corrected chi connectivity index (χ2v) is 6.35. The lowest BCUT2D eigenvalue weighted by Gasteiger charge is -2.09. The van der Waals surface area contributed by atoms with Gasteiger partial charge in [0, 0.05) is 17.2 Å². The first kappa shape index (κ1) is 20.0. The molecule has 0 aliphatic heterocycles. The minimum absolute atomic E-state index is 0.00579. The van der Waals surface area contributed by atoms with E-state index in [4.69, 9.17) is 9.47 Å². The molecule has 0 radical (unpaired) electrons. The fourth-order valence-corrected chi connectivity index (χ4v) is 2.70. The van der Waals surface area contributed by atoms with E-state index in [1.165, 1.54) is 20.1 Å². The van der Waals surface area contributed by atoms with Gasteiger partial charge in [-0.3, -0.25) is 4.79 Å². The maximum Gasteiger partial charge on any atom is 0.331 e. The number of carbonyl (C=O) groups is 2. The molecule has 0 aliphatic carbocycles. The molecule has 1 aromatic heterocycles. The molecule has 0 aliphatic rings. The summed E-state index contributed by atoms with van der Waals surface area (Å²) in [5.74, 6) is -0.0489. The van der Waals surface area contributed by atoms with E-state index in [0.717, 1.165) is 5.56 Å². The molecule has 0 saturated heterocycles. The van der Waals surface area contributed by atoms with Crippen molar-refractivity contribution in [3.05, 3.63) is 83.2 Å². The molecule has 29 heavy (non-hydrogen) atoms. The van der Waals surface area contributed by atoms with Crippen LogP contribution >= 0.6 is 0 Å². The molecule has 7 nitrogen and oxygen atoms in total. The van der Waals surface area contributed by atoms with Crippen LogP contribution in [0.25, 0.3) is 6.08 Å². The summed E-state index contributed by atoms with van der Waals surface area (Å²) in [4.78, 5) is 23.6. The Bertz CT molecular complexity index is 1030. The zero-order valence-corrected chi connectivity index (χ0v) is 16.2. The first-order chi connectivity index (χ1) is 14.0. The largest absolute Gasteiger partial charge is 0.496 e. The maximum absolute atomic E-state index is 12.0. The Balaban J connectivity index is 1.58. The van der Waals surface area contributed by atoms with E-state index in [2.05, 4.69) is 10.3 Å². The van der Waals surface area contributed by atoms with Crippen molar-refractivity contribution >= 4 is 17.8 Å². The number of Topliss-reactive ketones (excluding diaryl/α,β-unsaturated/α-hetero) is 1. The summed E-state index contributed by atoms with van der Waals surface area (Å²) in [6, 6.07) is 14.9. The van der Waals surface area contributed by atoms with Crippen LogP contribution in [0.4, 0.5) is 0 Å². The Morgan fingerprint density at radius 1 is 1.14 bits per heavy atom. The van der Waals surface area contributed by atoms with Gasteiger partial charge in [-0.15, -0.1) is 5.10 Å². The molecule has 7 heteroatoms. The molecular weight excluding hydrogens is 370 g/mol. The number of aromatic nitrogens is 3. The molecule has 0 fully saturated rings. The van der Waals surface area contributed by atoms with Crippen molar-refractivity contribution < 1.29 is 19.1 Å². The maximum atomic E-state index is 12.0. The van der Waals surface area contributed by atoms with Crippen LogP contribution in [0, 0.1) is 0 Å². The van der Waals surface area contributed by atoms with Crippen molar-refractivity contribution in [2.75, 3.05) is 7.11 Å². The first-order valence-corrected chi connectivity index (χ1v) is 9.02. The van der Waals surface area contributed by atoms with Crippen LogP contribution in [0.1, 0.15) is 34.1 Å². The van der Waals surface area contributed by atoms with Crippen LogP contribution in [0.15, 0.2) is 60.8 Å². The van der Waals surface area contributed by atoms with Gasteiger partial charge in [0.1, 0.15) is 18.1 Å². The number of ketones is 1. The second-order valence-electron chi connectivity index (χ2n) is 6.35. The minimum Gasteiger partial charge on any atom is -0.496 e. The van der Waals surface area contributed by atoms with E-state index >= 15 is 0 Å². The molecule has 1 heterocycles. The smallest absolute Gasteiger partial charge is 0.331 e. The van der Waals surface area contributed by atoms with Crippen LogP contribution in [-0.4, -0.2) is 33.9 Å². The van der Waals surface area contributed by atoms with Crippen molar-refractivity contribution in [3.63, 3.8) is 0 Å². The Hall–Kier alpha value is -3.74. The number of hydrogen-bond donors (Lipinski definition) is 0. The predicted molar refractivity (Wildman–Crippen MR) is 107 cm³/mol. The molecule has 0 unspecified atom stereocenters. The van der Waals surface area contributed by atoms with Gasteiger partial charge in [0.25, 0.3) is 0 Å². The molecule has 148 valence electrons. The van der Waals surface area contributed by atoms with Crippen LogP contribution < -0.4 is 4.74 Å². The molecule has 3 rings (SSSR count). The topological polar surface area (TPSA) is 83.3 Å². The van der Waals surface area contributed by atoms with Crippen LogP contribution in [0.3, 0.4) is 0 Å². The van der Waals surface area contributed by atoms with Gasteiger partial charge in [-0.25, -0.2) is 9.48 Å². The minimum atomic E-state index is -0.530. The third-order valence-corrected chi connectivity index (χ3v) is 4.19. The quantitative estimate of drug-likeness (QED) is 0.333.